The van der Waals surface area contributed by atoms with Gasteiger partial charge < -0.3 is 14.7 Å². The van der Waals surface area contributed by atoms with Crippen molar-refractivity contribution in [2.45, 2.75) is 18.2 Å². The van der Waals surface area contributed by atoms with Crippen LogP contribution < -0.4 is 5.69 Å². The molecule has 1 aromatic heterocycles. The summed E-state index contributed by atoms with van der Waals surface area (Å²) in [5, 5.41) is -0.0169. The summed E-state index contributed by atoms with van der Waals surface area (Å²) in [4.78, 5) is 16.7. The van der Waals surface area contributed by atoms with E-state index in [1.54, 1.807) is 0 Å². The summed E-state index contributed by atoms with van der Waals surface area (Å²) in [6, 6.07) is 5.84. The summed E-state index contributed by atoms with van der Waals surface area (Å²) in [5.74, 6) is 0.448. The van der Waals surface area contributed by atoms with Crippen LogP contribution in [-0.2, 0) is 4.74 Å². The highest BCUT2D eigenvalue weighted by Crippen LogP contribution is 2.35. The van der Waals surface area contributed by atoms with Crippen molar-refractivity contribution in [3.63, 3.8) is 0 Å². The third kappa shape index (κ3) is 2.18. The maximum Gasteiger partial charge on any atom is 0.323 e. The van der Waals surface area contributed by atoms with E-state index in [1.807, 2.05) is 18.2 Å². The van der Waals surface area contributed by atoms with Crippen LogP contribution in [0.15, 0.2) is 23.0 Å². The average Bonchev–Trinajstić information content (AvgIpc) is 2.78. The van der Waals surface area contributed by atoms with Crippen molar-refractivity contribution in [1.82, 2.24) is 9.97 Å². The Hall–Kier alpha value is -1.26. The minimum absolute atomic E-state index is 0.0169. The standard InChI is InChI=1S/C13H15ClN2O2/c14-12(8-3-5-18-6-4-8)9-1-2-10-11(7-9)16-13(17)15-10/h1-2,7-8,12H,3-6H2,(H2,15,16,17). The largest absolute Gasteiger partial charge is 0.381 e. The van der Waals surface area contributed by atoms with Gasteiger partial charge in [0.05, 0.1) is 16.4 Å². The van der Waals surface area contributed by atoms with Gasteiger partial charge in [-0.1, -0.05) is 6.07 Å². The van der Waals surface area contributed by atoms with Gasteiger partial charge >= 0.3 is 5.69 Å². The Bertz CT molecular complexity index is 598. The topological polar surface area (TPSA) is 57.9 Å². The van der Waals surface area contributed by atoms with E-state index in [9.17, 15) is 4.79 Å². The molecule has 1 saturated heterocycles. The van der Waals surface area contributed by atoms with Crippen molar-refractivity contribution < 1.29 is 4.74 Å². The Kier molecular flexibility index (Phi) is 3.14. The molecule has 4 nitrogen and oxygen atoms in total. The number of aromatic amines is 2. The van der Waals surface area contributed by atoms with Crippen molar-refractivity contribution in [2.24, 2.45) is 5.92 Å². The number of H-pyrrole nitrogens is 2. The van der Waals surface area contributed by atoms with Crippen LogP contribution in [0.2, 0.25) is 0 Å². The molecule has 1 fully saturated rings. The molecule has 2 N–H and O–H groups in total. The lowest BCUT2D eigenvalue weighted by Crippen LogP contribution is -2.19. The van der Waals surface area contributed by atoms with Gasteiger partial charge in [-0.2, -0.15) is 0 Å². The fraction of sp³-hybridized carbons (Fsp3) is 0.462. The van der Waals surface area contributed by atoms with Crippen LogP contribution in [-0.4, -0.2) is 23.2 Å². The molecule has 2 heterocycles. The number of rotatable bonds is 2. The van der Waals surface area contributed by atoms with Gasteiger partial charge in [0, 0.05) is 13.2 Å². The third-order valence-corrected chi connectivity index (χ3v) is 4.15. The number of ether oxygens (including phenoxy) is 1. The highest BCUT2D eigenvalue weighted by atomic mass is 35.5. The van der Waals surface area contributed by atoms with E-state index in [4.69, 9.17) is 16.3 Å². The lowest BCUT2D eigenvalue weighted by atomic mass is 9.92. The van der Waals surface area contributed by atoms with Gasteiger partial charge in [0.25, 0.3) is 0 Å². The van der Waals surface area contributed by atoms with Crippen LogP contribution in [0.4, 0.5) is 0 Å². The monoisotopic (exact) mass is 266 g/mol. The summed E-state index contributed by atoms with van der Waals surface area (Å²) in [6.45, 7) is 1.58. The lowest BCUT2D eigenvalue weighted by molar-refractivity contribution is 0.0651. The highest BCUT2D eigenvalue weighted by Gasteiger charge is 2.23. The number of imidazole rings is 1. The predicted octanol–water partition coefficient (Wildman–Crippen LogP) is 2.56. The maximum atomic E-state index is 11.2. The van der Waals surface area contributed by atoms with Crippen molar-refractivity contribution >= 4 is 22.6 Å². The SMILES string of the molecule is O=c1[nH]c2ccc(C(Cl)C3CCOCC3)cc2[nH]1. The second kappa shape index (κ2) is 4.78. The van der Waals surface area contributed by atoms with E-state index in [-0.39, 0.29) is 11.1 Å². The van der Waals surface area contributed by atoms with Gasteiger partial charge in [0.2, 0.25) is 0 Å². The Labute approximate surface area is 109 Å². The van der Waals surface area contributed by atoms with E-state index in [2.05, 4.69) is 9.97 Å². The molecular formula is C13H15ClN2O2. The van der Waals surface area contributed by atoms with Crippen LogP contribution in [0.5, 0.6) is 0 Å². The van der Waals surface area contributed by atoms with E-state index < -0.39 is 0 Å². The van der Waals surface area contributed by atoms with Crippen molar-refractivity contribution in [3.8, 4) is 0 Å². The Morgan fingerprint density at radius 3 is 2.72 bits per heavy atom. The van der Waals surface area contributed by atoms with Gasteiger partial charge in [-0.15, -0.1) is 11.6 Å². The number of alkyl halides is 1. The Morgan fingerprint density at radius 2 is 1.94 bits per heavy atom. The zero-order chi connectivity index (χ0) is 12.5. The van der Waals surface area contributed by atoms with E-state index in [0.717, 1.165) is 42.7 Å². The number of halogens is 1. The first-order valence-corrected chi connectivity index (χ1v) is 6.61. The maximum absolute atomic E-state index is 11.2. The fourth-order valence-electron chi connectivity index (χ4n) is 2.50. The molecule has 0 amide bonds. The molecule has 96 valence electrons. The van der Waals surface area contributed by atoms with Crippen LogP contribution in [0.3, 0.4) is 0 Å². The quantitative estimate of drug-likeness (QED) is 0.821. The first-order chi connectivity index (χ1) is 8.74. The number of hydrogen-bond donors (Lipinski definition) is 2. The molecule has 3 rings (SSSR count). The summed E-state index contributed by atoms with van der Waals surface area (Å²) in [7, 11) is 0. The minimum Gasteiger partial charge on any atom is -0.381 e. The minimum atomic E-state index is -0.181. The molecule has 0 aliphatic carbocycles. The molecule has 0 radical (unpaired) electrons. The second-order valence-electron chi connectivity index (χ2n) is 4.74. The van der Waals surface area contributed by atoms with Gasteiger partial charge in [-0.05, 0) is 36.5 Å². The van der Waals surface area contributed by atoms with E-state index >= 15 is 0 Å². The van der Waals surface area contributed by atoms with Gasteiger partial charge in [0.15, 0.2) is 0 Å². The van der Waals surface area contributed by atoms with Crippen LogP contribution in [0.25, 0.3) is 11.0 Å². The van der Waals surface area contributed by atoms with Crippen LogP contribution in [0.1, 0.15) is 23.8 Å². The Balaban J connectivity index is 1.90. The van der Waals surface area contributed by atoms with Crippen LogP contribution in [0, 0.1) is 5.92 Å². The normalized spacial score (nSPS) is 19.2. The van der Waals surface area contributed by atoms with Crippen molar-refractivity contribution in [1.29, 1.82) is 0 Å². The molecule has 0 spiro atoms. The van der Waals surface area contributed by atoms with Gasteiger partial charge in [-0.25, -0.2) is 4.79 Å². The number of benzene rings is 1. The number of hydrogen-bond acceptors (Lipinski definition) is 2. The van der Waals surface area contributed by atoms with E-state index in [0.29, 0.717) is 5.92 Å². The zero-order valence-electron chi connectivity index (χ0n) is 9.91. The second-order valence-corrected chi connectivity index (χ2v) is 5.21. The molecule has 1 aromatic carbocycles. The fourth-order valence-corrected chi connectivity index (χ4v) is 2.89. The summed E-state index contributed by atoms with van der Waals surface area (Å²) < 4.78 is 5.35. The average molecular weight is 267 g/mol. The number of aromatic nitrogens is 2. The van der Waals surface area contributed by atoms with Crippen LogP contribution >= 0.6 is 11.6 Å². The molecule has 18 heavy (non-hydrogen) atoms. The summed E-state index contributed by atoms with van der Waals surface area (Å²) >= 11 is 6.53. The molecule has 1 atom stereocenters. The molecular weight excluding hydrogens is 252 g/mol. The van der Waals surface area contributed by atoms with Gasteiger partial charge in [-0.3, -0.25) is 0 Å². The molecule has 5 heteroatoms. The molecule has 1 unspecified atom stereocenters. The summed E-state index contributed by atoms with van der Waals surface area (Å²) in [6.07, 6.45) is 1.99. The van der Waals surface area contributed by atoms with Gasteiger partial charge in [0.1, 0.15) is 0 Å². The number of nitrogens with one attached hydrogen (secondary N) is 2. The number of fused-ring (bicyclic) bond motifs is 1. The highest BCUT2D eigenvalue weighted by molar-refractivity contribution is 6.21. The van der Waals surface area contributed by atoms with Crippen molar-refractivity contribution in [2.75, 3.05) is 13.2 Å². The van der Waals surface area contributed by atoms with E-state index in [1.165, 1.54) is 0 Å². The predicted molar refractivity (Wildman–Crippen MR) is 71.1 cm³/mol. The van der Waals surface area contributed by atoms with Crippen molar-refractivity contribution in [3.05, 3.63) is 34.2 Å². The molecule has 2 aromatic rings. The smallest absolute Gasteiger partial charge is 0.323 e. The molecule has 1 aliphatic heterocycles. The molecule has 0 saturated carbocycles. The summed E-state index contributed by atoms with van der Waals surface area (Å²) in [5.41, 5.74) is 2.51. The molecule has 1 aliphatic rings. The molecule has 0 bridgehead atoms. The first-order valence-electron chi connectivity index (χ1n) is 6.18. The zero-order valence-corrected chi connectivity index (χ0v) is 10.7. The Morgan fingerprint density at radius 1 is 1.22 bits per heavy atom. The first kappa shape index (κ1) is 11.8. The third-order valence-electron chi connectivity index (χ3n) is 3.54. The lowest BCUT2D eigenvalue weighted by Gasteiger charge is -2.26.